The van der Waals surface area contributed by atoms with E-state index in [1.807, 2.05) is 24.5 Å². The minimum Gasteiger partial charge on any atom is -0.265 e. The topological polar surface area (TPSA) is 25.8 Å². The van der Waals surface area contributed by atoms with Crippen molar-refractivity contribution in [1.29, 1.82) is 0 Å². The van der Waals surface area contributed by atoms with Gasteiger partial charge in [-0.3, -0.25) is 4.98 Å². The second-order valence-electron chi connectivity index (χ2n) is 11.8. The molecule has 0 N–H and O–H groups in total. The zero-order valence-electron chi connectivity index (χ0n) is 25.1. The number of rotatable bonds is 4. The molecule has 0 aliphatic carbocycles. The average Bonchev–Trinajstić information content (AvgIpc) is 3.14. The summed E-state index contributed by atoms with van der Waals surface area (Å²) in [5.74, 6) is 0. The summed E-state index contributed by atoms with van der Waals surface area (Å²) < 4.78 is 0. The molecule has 9 aromatic rings. The van der Waals surface area contributed by atoms with E-state index in [4.69, 9.17) is 4.98 Å². The highest BCUT2D eigenvalue weighted by Gasteiger charge is 2.18. The molecule has 0 unspecified atom stereocenters. The summed E-state index contributed by atoms with van der Waals surface area (Å²) in [4.78, 5) is 9.61. The average molecular weight is 585 g/mol. The first-order valence-corrected chi connectivity index (χ1v) is 15.7. The van der Waals surface area contributed by atoms with Crippen LogP contribution in [0.2, 0.25) is 0 Å². The predicted molar refractivity (Wildman–Crippen MR) is 194 cm³/mol. The Labute approximate surface area is 267 Å². The van der Waals surface area contributed by atoms with Crippen LogP contribution in [0.4, 0.5) is 0 Å². The fourth-order valence-corrected chi connectivity index (χ4v) is 6.94. The Hall–Kier alpha value is -6.12. The summed E-state index contributed by atoms with van der Waals surface area (Å²) in [6.07, 6.45) is 3.67. The van der Waals surface area contributed by atoms with Gasteiger partial charge in [-0.1, -0.05) is 133 Å². The predicted octanol–water partition coefficient (Wildman–Crippen LogP) is 11.8. The maximum atomic E-state index is 5.43. The third-order valence-electron chi connectivity index (χ3n) is 9.17. The van der Waals surface area contributed by atoms with Gasteiger partial charge < -0.3 is 0 Å². The van der Waals surface area contributed by atoms with Crippen LogP contribution in [0, 0.1) is 0 Å². The van der Waals surface area contributed by atoms with E-state index >= 15 is 0 Å². The number of hydrogen-bond acceptors (Lipinski definition) is 2. The number of pyridine rings is 2. The van der Waals surface area contributed by atoms with Gasteiger partial charge >= 0.3 is 0 Å². The van der Waals surface area contributed by atoms with E-state index in [1.165, 1.54) is 49.2 Å². The van der Waals surface area contributed by atoms with Gasteiger partial charge in [-0.15, -0.1) is 0 Å². The van der Waals surface area contributed by atoms with Gasteiger partial charge in [-0.05, 0) is 84.6 Å². The molecule has 7 aromatic carbocycles. The molecule has 0 saturated carbocycles. The Bertz CT molecular complexity index is 2560. The van der Waals surface area contributed by atoms with Gasteiger partial charge in [0.2, 0.25) is 0 Å². The molecule has 214 valence electrons. The Morgan fingerprint density at radius 2 is 0.826 bits per heavy atom. The highest BCUT2D eigenvalue weighted by molar-refractivity contribution is 6.19. The number of fused-ring (bicyclic) bond motifs is 5. The van der Waals surface area contributed by atoms with Crippen LogP contribution in [0.1, 0.15) is 0 Å². The fourth-order valence-electron chi connectivity index (χ4n) is 6.94. The highest BCUT2D eigenvalue weighted by Crippen LogP contribution is 2.43. The van der Waals surface area contributed by atoms with E-state index in [0.717, 1.165) is 38.7 Å². The number of hydrogen-bond donors (Lipinski definition) is 0. The lowest BCUT2D eigenvalue weighted by Crippen LogP contribution is -1.94. The lowest BCUT2D eigenvalue weighted by molar-refractivity contribution is 1.33. The largest absolute Gasteiger partial charge is 0.265 e. The van der Waals surface area contributed by atoms with Crippen molar-refractivity contribution >= 4 is 43.2 Å². The second-order valence-corrected chi connectivity index (χ2v) is 11.8. The Kier molecular flexibility index (Phi) is 6.17. The van der Waals surface area contributed by atoms with Gasteiger partial charge in [0.25, 0.3) is 0 Å². The summed E-state index contributed by atoms with van der Waals surface area (Å²) in [6, 6.07) is 56.7. The number of benzene rings is 7. The van der Waals surface area contributed by atoms with E-state index in [0.29, 0.717) is 0 Å². The van der Waals surface area contributed by atoms with Gasteiger partial charge in [0.05, 0.1) is 11.2 Å². The first kappa shape index (κ1) is 26.3. The molecule has 46 heavy (non-hydrogen) atoms. The van der Waals surface area contributed by atoms with Crippen molar-refractivity contribution in [1.82, 2.24) is 9.97 Å². The van der Waals surface area contributed by atoms with Crippen LogP contribution in [0.25, 0.3) is 87.9 Å². The zero-order chi connectivity index (χ0) is 30.5. The molecule has 0 fully saturated rings. The molecule has 0 amide bonds. The van der Waals surface area contributed by atoms with Crippen molar-refractivity contribution in [3.8, 4) is 44.6 Å². The molecule has 0 saturated heterocycles. The van der Waals surface area contributed by atoms with Crippen molar-refractivity contribution in [2.45, 2.75) is 0 Å². The maximum Gasteiger partial charge on any atom is 0.0794 e. The maximum absolute atomic E-state index is 5.43. The van der Waals surface area contributed by atoms with Gasteiger partial charge in [0.1, 0.15) is 0 Å². The van der Waals surface area contributed by atoms with E-state index < -0.39 is 0 Å². The van der Waals surface area contributed by atoms with E-state index in [9.17, 15) is 0 Å². The summed E-state index contributed by atoms with van der Waals surface area (Å²) >= 11 is 0. The number of nitrogens with zero attached hydrogens (tertiary/aromatic N) is 2. The first-order chi connectivity index (χ1) is 22.8. The molecule has 2 heterocycles. The lowest BCUT2D eigenvalue weighted by atomic mass is 9.88. The van der Waals surface area contributed by atoms with Crippen LogP contribution < -0.4 is 0 Å². The van der Waals surface area contributed by atoms with E-state index in [2.05, 4.69) is 151 Å². The van der Waals surface area contributed by atoms with Crippen LogP contribution in [-0.2, 0) is 0 Å². The van der Waals surface area contributed by atoms with Crippen LogP contribution in [0.3, 0.4) is 0 Å². The quantitative estimate of drug-likeness (QED) is 0.192. The normalized spacial score (nSPS) is 11.5. The minimum atomic E-state index is 0.958. The van der Waals surface area contributed by atoms with Crippen LogP contribution in [0.5, 0.6) is 0 Å². The SMILES string of the molecule is c1ccc2c(-c3cc4c(-c5cccc6ccccc56)cc(-c5ccc(-c6ccncc6)cc5)nc4c4ccccc34)cccc2c1. The van der Waals surface area contributed by atoms with Gasteiger partial charge in [0, 0.05) is 28.7 Å². The molecule has 9 rings (SSSR count). The zero-order valence-corrected chi connectivity index (χ0v) is 25.1. The van der Waals surface area contributed by atoms with Crippen molar-refractivity contribution in [3.63, 3.8) is 0 Å². The van der Waals surface area contributed by atoms with Crippen molar-refractivity contribution < 1.29 is 0 Å². The van der Waals surface area contributed by atoms with Crippen molar-refractivity contribution in [2.75, 3.05) is 0 Å². The lowest BCUT2D eigenvalue weighted by Gasteiger charge is -2.17. The summed E-state index contributed by atoms with van der Waals surface area (Å²) in [6.45, 7) is 0. The molecule has 2 nitrogen and oxygen atoms in total. The highest BCUT2D eigenvalue weighted by atomic mass is 14.7. The van der Waals surface area contributed by atoms with Crippen LogP contribution in [0.15, 0.2) is 170 Å². The molecule has 0 spiro atoms. The first-order valence-electron chi connectivity index (χ1n) is 15.7. The Morgan fingerprint density at radius 3 is 1.48 bits per heavy atom. The monoisotopic (exact) mass is 584 g/mol. The molecule has 2 heteroatoms. The van der Waals surface area contributed by atoms with Gasteiger partial charge in [-0.2, -0.15) is 0 Å². The second kappa shape index (κ2) is 10.8. The van der Waals surface area contributed by atoms with Crippen LogP contribution >= 0.6 is 0 Å². The Balaban J connectivity index is 1.36. The smallest absolute Gasteiger partial charge is 0.0794 e. The molecule has 0 aliphatic heterocycles. The van der Waals surface area contributed by atoms with Crippen LogP contribution in [-0.4, -0.2) is 9.97 Å². The molecular formula is C44H28N2. The van der Waals surface area contributed by atoms with E-state index in [1.54, 1.807) is 0 Å². The molecule has 0 radical (unpaired) electrons. The molecular weight excluding hydrogens is 556 g/mol. The van der Waals surface area contributed by atoms with Crippen molar-refractivity contribution in [2.24, 2.45) is 0 Å². The summed E-state index contributed by atoms with van der Waals surface area (Å²) in [5.41, 5.74) is 10.2. The Morgan fingerprint density at radius 1 is 0.326 bits per heavy atom. The standard InChI is InChI=1S/C44H28N2/c1-3-13-34-31(9-1)11-7-17-36(34)40-27-42-41(37-18-8-12-32-10-2-4-14-35(32)37)28-43(46-44(42)39-16-6-5-15-38(39)40)33-21-19-29(20-22-33)30-23-25-45-26-24-30/h1-28H. The summed E-state index contributed by atoms with van der Waals surface area (Å²) in [5, 5.41) is 8.45. The van der Waals surface area contributed by atoms with E-state index in [-0.39, 0.29) is 0 Å². The third-order valence-corrected chi connectivity index (χ3v) is 9.17. The third kappa shape index (κ3) is 4.35. The minimum absolute atomic E-state index is 0.958. The number of aromatic nitrogens is 2. The molecule has 0 aliphatic rings. The molecule has 0 atom stereocenters. The van der Waals surface area contributed by atoms with Gasteiger partial charge in [0.15, 0.2) is 0 Å². The summed E-state index contributed by atoms with van der Waals surface area (Å²) in [7, 11) is 0. The molecule has 2 aromatic heterocycles. The van der Waals surface area contributed by atoms with Gasteiger partial charge in [-0.25, -0.2) is 4.98 Å². The molecule has 0 bridgehead atoms. The fraction of sp³-hybridized carbons (Fsp3) is 0. The van der Waals surface area contributed by atoms with Crippen molar-refractivity contribution in [3.05, 3.63) is 170 Å².